The largest absolute Gasteiger partial charge is 0.379 e. The number of amides is 2. The molecule has 2 atom stereocenters. The Kier molecular flexibility index (Phi) is 5.88. The Hall–Kier alpha value is -2.19. The van der Waals surface area contributed by atoms with Crippen molar-refractivity contribution >= 4 is 33.3 Å². The minimum absolute atomic E-state index is 0.000117. The van der Waals surface area contributed by atoms with Gasteiger partial charge in [-0.25, -0.2) is 8.42 Å². The second-order valence-electron chi connectivity index (χ2n) is 9.62. The number of rotatable bonds is 6. The molecule has 4 aliphatic rings. The number of halogens is 1. The number of carbonyl (C=O) groups is 2. The van der Waals surface area contributed by atoms with Crippen LogP contribution < -0.4 is 5.32 Å². The fraction of sp³-hybridized carbons (Fsp3) is 0.609. The lowest BCUT2D eigenvalue weighted by Gasteiger charge is -2.37. The van der Waals surface area contributed by atoms with Crippen LogP contribution in [0.2, 0.25) is 5.02 Å². The maximum atomic E-state index is 13.8. The van der Waals surface area contributed by atoms with E-state index in [1.54, 1.807) is 12.1 Å². The third-order valence-electron chi connectivity index (χ3n) is 7.47. The van der Waals surface area contributed by atoms with Gasteiger partial charge in [0.05, 0.1) is 34.5 Å². The van der Waals surface area contributed by atoms with Gasteiger partial charge in [0, 0.05) is 19.6 Å². The predicted molar refractivity (Wildman–Crippen MR) is 123 cm³/mol. The van der Waals surface area contributed by atoms with Crippen LogP contribution in [0.4, 0.5) is 0 Å². The van der Waals surface area contributed by atoms with Crippen molar-refractivity contribution in [3.05, 3.63) is 29.3 Å². The molecule has 2 aliphatic carbocycles. The second kappa shape index (κ2) is 8.48. The smallest absolute Gasteiger partial charge is 0.244 e. The molecule has 9 nitrogen and oxygen atoms in total. The van der Waals surface area contributed by atoms with E-state index < -0.39 is 38.1 Å². The third-order valence-corrected chi connectivity index (χ3v) is 10.1. The highest BCUT2D eigenvalue weighted by atomic mass is 35.5. The van der Waals surface area contributed by atoms with Gasteiger partial charge < -0.3 is 15.0 Å². The maximum absolute atomic E-state index is 13.8. The van der Waals surface area contributed by atoms with E-state index in [1.165, 1.54) is 17.0 Å². The number of morpholine rings is 1. The minimum atomic E-state index is -3.89. The topological polar surface area (TPSA) is 120 Å². The van der Waals surface area contributed by atoms with Crippen molar-refractivity contribution in [2.24, 2.45) is 0 Å². The number of nitrogens with one attached hydrogen (secondary N) is 1. The summed E-state index contributed by atoms with van der Waals surface area (Å²) in [6, 6.07) is 7.38. The van der Waals surface area contributed by atoms with Crippen LogP contribution in [-0.2, 0) is 24.2 Å². The molecule has 5 rings (SSSR count). The summed E-state index contributed by atoms with van der Waals surface area (Å²) in [6.07, 6.45) is 2.40. The molecule has 11 heteroatoms. The summed E-state index contributed by atoms with van der Waals surface area (Å²) >= 11 is 6.19. The molecule has 0 spiro atoms. The summed E-state index contributed by atoms with van der Waals surface area (Å²) in [4.78, 5) is 30.6. The predicted octanol–water partition coefficient (Wildman–Crippen LogP) is 1.12. The lowest BCUT2D eigenvalue weighted by Crippen LogP contribution is -2.57. The summed E-state index contributed by atoms with van der Waals surface area (Å²) in [6.45, 7) is 2.22. The van der Waals surface area contributed by atoms with Crippen LogP contribution in [0.25, 0.3) is 0 Å². The molecular weight excluding hydrogens is 480 g/mol. The first-order valence-corrected chi connectivity index (χ1v) is 13.5. The van der Waals surface area contributed by atoms with E-state index >= 15 is 0 Å². The summed E-state index contributed by atoms with van der Waals surface area (Å²) in [5.74, 6) is -0.685. The summed E-state index contributed by atoms with van der Waals surface area (Å²) in [5.41, 5.74) is -1.62. The van der Waals surface area contributed by atoms with E-state index in [0.717, 1.165) is 0 Å². The van der Waals surface area contributed by atoms with Crippen LogP contribution in [0, 0.1) is 11.3 Å². The van der Waals surface area contributed by atoms with Gasteiger partial charge in [-0.3, -0.25) is 14.5 Å². The van der Waals surface area contributed by atoms with Gasteiger partial charge in [0.25, 0.3) is 0 Å². The van der Waals surface area contributed by atoms with Crippen molar-refractivity contribution in [1.29, 1.82) is 5.26 Å². The van der Waals surface area contributed by atoms with Gasteiger partial charge in [-0.1, -0.05) is 23.7 Å². The van der Waals surface area contributed by atoms with Crippen LogP contribution in [0.15, 0.2) is 29.2 Å². The fourth-order valence-electron chi connectivity index (χ4n) is 5.10. The molecule has 0 bridgehead atoms. The minimum Gasteiger partial charge on any atom is -0.379 e. The zero-order valence-corrected chi connectivity index (χ0v) is 20.3. The molecule has 2 amide bonds. The van der Waals surface area contributed by atoms with E-state index in [4.69, 9.17) is 16.3 Å². The maximum Gasteiger partial charge on any atom is 0.244 e. The van der Waals surface area contributed by atoms with Crippen LogP contribution in [0.1, 0.15) is 32.1 Å². The van der Waals surface area contributed by atoms with E-state index in [2.05, 4.69) is 16.3 Å². The monoisotopic (exact) mass is 506 g/mol. The Morgan fingerprint density at radius 1 is 1.15 bits per heavy atom. The Bertz CT molecular complexity index is 1150. The number of nitrogens with zero attached hydrogens (tertiary/aromatic N) is 3. The lowest BCUT2D eigenvalue weighted by atomic mass is 10.1. The highest BCUT2D eigenvalue weighted by Crippen LogP contribution is 2.46. The molecular formula is C23H27ClN4O5S. The molecule has 0 aromatic heterocycles. The first kappa shape index (κ1) is 23.5. The normalized spacial score (nSPS) is 27.6. The molecule has 1 aromatic carbocycles. The van der Waals surface area contributed by atoms with Crippen molar-refractivity contribution in [3.8, 4) is 6.07 Å². The third kappa shape index (κ3) is 3.98. The Morgan fingerprint density at radius 3 is 2.41 bits per heavy atom. The number of benzene rings is 1. The van der Waals surface area contributed by atoms with Gasteiger partial charge in [-0.15, -0.1) is 0 Å². The van der Waals surface area contributed by atoms with Crippen molar-refractivity contribution in [2.45, 2.75) is 59.4 Å². The van der Waals surface area contributed by atoms with Gasteiger partial charge in [0.2, 0.25) is 11.8 Å². The van der Waals surface area contributed by atoms with Crippen LogP contribution in [-0.4, -0.2) is 85.2 Å². The molecule has 2 heterocycles. The molecule has 1 N–H and O–H groups in total. The van der Waals surface area contributed by atoms with Gasteiger partial charge >= 0.3 is 0 Å². The van der Waals surface area contributed by atoms with E-state index in [9.17, 15) is 23.3 Å². The molecule has 2 aliphatic heterocycles. The summed E-state index contributed by atoms with van der Waals surface area (Å²) in [7, 11) is -3.89. The highest BCUT2D eigenvalue weighted by Gasteiger charge is 2.60. The molecule has 0 unspecified atom stereocenters. The fourth-order valence-corrected chi connectivity index (χ4v) is 7.32. The number of carbonyl (C=O) groups excluding carboxylic acids is 2. The number of hydrogen-bond acceptors (Lipinski definition) is 7. The standard InChI is InChI=1S/C23H27ClN4O5S/c24-17-3-1-2-4-19(17)34(31,32)16-13-18(20(29)26-22(15-25)5-6-22)28(14-16)21(30)23(7-8-23)27-9-11-33-12-10-27/h1-4,16,18H,5-14H2,(H,26,29)/t16-,18+/m1/s1. The van der Waals surface area contributed by atoms with E-state index in [1.807, 2.05) is 0 Å². The quantitative estimate of drug-likeness (QED) is 0.613. The van der Waals surface area contributed by atoms with Gasteiger partial charge in [-0.2, -0.15) is 5.26 Å². The molecule has 1 aromatic rings. The number of hydrogen-bond donors (Lipinski definition) is 1. The lowest BCUT2D eigenvalue weighted by molar-refractivity contribution is -0.146. The summed E-state index contributed by atoms with van der Waals surface area (Å²) in [5, 5.41) is 11.3. The average Bonchev–Trinajstić information content (AvgIpc) is 3.76. The van der Waals surface area contributed by atoms with Crippen molar-refractivity contribution in [3.63, 3.8) is 0 Å². The Balaban J connectivity index is 1.44. The number of likely N-dealkylation sites (tertiary alicyclic amines) is 1. The first-order chi connectivity index (χ1) is 16.2. The number of sulfone groups is 1. The zero-order chi connectivity index (χ0) is 24.1. The molecule has 0 radical (unpaired) electrons. The highest BCUT2D eigenvalue weighted by molar-refractivity contribution is 7.92. The van der Waals surface area contributed by atoms with Crippen LogP contribution >= 0.6 is 11.6 Å². The molecule has 182 valence electrons. The average molecular weight is 507 g/mol. The number of ether oxygens (including phenoxy) is 1. The molecule has 34 heavy (non-hydrogen) atoms. The van der Waals surface area contributed by atoms with Gasteiger partial charge in [0.15, 0.2) is 9.84 Å². The van der Waals surface area contributed by atoms with E-state index in [-0.39, 0.29) is 28.8 Å². The second-order valence-corrected chi connectivity index (χ2v) is 12.2. The van der Waals surface area contributed by atoms with Crippen LogP contribution in [0.3, 0.4) is 0 Å². The number of nitriles is 1. The van der Waals surface area contributed by atoms with Crippen molar-refractivity contribution < 1.29 is 22.7 Å². The van der Waals surface area contributed by atoms with Crippen molar-refractivity contribution in [2.75, 3.05) is 32.8 Å². The van der Waals surface area contributed by atoms with Crippen LogP contribution in [0.5, 0.6) is 0 Å². The Labute approximate surface area is 203 Å². The summed E-state index contributed by atoms with van der Waals surface area (Å²) < 4.78 is 32.4. The van der Waals surface area contributed by atoms with Gasteiger partial charge in [0.1, 0.15) is 17.1 Å². The molecule has 2 saturated carbocycles. The van der Waals surface area contributed by atoms with E-state index in [0.29, 0.717) is 52.0 Å². The van der Waals surface area contributed by atoms with Gasteiger partial charge in [-0.05, 0) is 44.2 Å². The Morgan fingerprint density at radius 2 is 1.82 bits per heavy atom. The SMILES string of the molecule is N#CC1(NC(=O)[C@@H]2C[C@@H](S(=O)(=O)c3ccccc3Cl)CN2C(=O)C2(N3CCOCC3)CC2)CC1. The zero-order valence-electron chi connectivity index (χ0n) is 18.7. The molecule has 2 saturated heterocycles. The van der Waals surface area contributed by atoms with Crippen molar-refractivity contribution in [1.82, 2.24) is 15.1 Å². The first-order valence-electron chi connectivity index (χ1n) is 11.6. The molecule has 4 fully saturated rings.